The van der Waals surface area contributed by atoms with Gasteiger partial charge in [0, 0.05) is 17.1 Å². The molecule has 0 atom stereocenters. The summed E-state index contributed by atoms with van der Waals surface area (Å²) in [6.45, 7) is 4.40. The van der Waals surface area contributed by atoms with Crippen LogP contribution in [0.4, 0.5) is 17.1 Å². The van der Waals surface area contributed by atoms with Crippen molar-refractivity contribution < 1.29 is 0 Å². The molecule has 0 aliphatic rings. The molecular weight excluding hydrogens is 338 g/mol. The standard InChI is InChI=1S/C27H25N/c1-3-22-14-15-24(20-21(22)2)23-16-18-27(19-17-23)28(25-10-6-4-7-11-25)26-12-8-5-9-13-26/h4-20H,3H2,1-2H3. The minimum absolute atomic E-state index is 1.08. The third kappa shape index (κ3) is 3.70. The Morgan fingerprint density at radius 1 is 0.571 bits per heavy atom. The average Bonchev–Trinajstić information content (AvgIpc) is 2.76. The Labute approximate surface area is 167 Å². The second-order valence-electron chi connectivity index (χ2n) is 7.05. The van der Waals surface area contributed by atoms with Crippen molar-refractivity contribution >= 4 is 17.1 Å². The summed E-state index contributed by atoms with van der Waals surface area (Å²) in [4.78, 5) is 2.29. The molecule has 0 aliphatic heterocycles. The van der Waals surface area contributed by atoms with Gasteiger partial charge in [0.1, 0.15) is 0 Å². The number of nitrogens with zero attached hydrogens (tertiary/aromatic N) is 1. The van der Waals surface area contributed by atoms with E-state index in [0.717, 1.165) is 23.5 Å². The van der Waals surface area contributed by atoms with E-state index in [-0.39, 0.29) is 0 Å². The Morgan fingerprint density at radius 3 is 1.57 bits per heavy atom. The van der Waals surface area contributed by atoms with E-state index in [1.807, 2.05) is 0 Å². The zero-order valence-corrected chi connectivity index (χ0v) is 16.5. The summed E-state index contributed by atoms with van der Waals surface area (Å²) in [6.07, 6.45) is 1.08. The quantitative estimate of drug-likeness (QED) is 0.351. The second-order valence-corrected chi connectivity index (χ2v) is 7.05. The summed E-state index contributed by atoms with van der Waals surface area (Å²) in [5.74, 6) is 0. The highest BCUT2D eigenvalue weighted by molar-refractivity contribution is 5.78. The molecule has 4 aromatic rings. The van der Waals surface area contributed by atoms with Crippen molar-refractivity contribution in [2.75, 3.05) is 4.90 Å². The van der Waals surface area contributed by atoms with Gasteiger partial charge in [0.05, 0.1) is 0 Å². The van der Waals surface area contributed by atoms with Crippen molar-refractivity contribution in [3.63, 3.8) is 0 Å². The second kappa shape index (κ2) is 8.14. The van der Waals surface area contributed by atoms with Crippen LogP contribution in [0.1, 0.15) is 18.1 Å². The molecule has 0 N–H and O–H groups in total. The van der Waals surface area contributed by atoms with Crippen molar-refractivity contribution in [1.29, 1.82) is 0 Å². The van der Waals surface area contributed by atoms with Gasteiger partial charge in [-0.05, 0) is 72.0 Å². The van der Waals surface area contributed by atoms with Crippen molar-refractivity contribution in [1.82, 2.24) is 0 Å². The average molecular weight is 364 g/mol. The smallest absolute Gasteiger partial charge is 0.0462 e. The molecule has 0 unspecified atom stereocenters. The van der Waals surface area contributed by atoms with Crippen LogP contribution in [-0.2, 0) is 6.42 Å². The minimum Gasteiger partial charge on any atom is -0.311 e. The molecule has 0 saturated carbocycles. The third-order valence-electron chi connectivity index (χ3n) is 5.21. The lowest BCUT2D eigenvalue weighted by molar-refractivity contribution is 1.11. The highest BCUT2D eigenvalue weighted by Gasteiger charge is 2.12. The van der Waals surface area contributed by atoms with Gasteiger partial charge in [-0.3, -0.25) is 0 Å². The van der Waals surface area contributed by atoms with E-state index in [0.29, 0.717) is 0 Å². The normalized spacial score (nSPS) is 10.6. The molecule has 1 nitrogen and oxygen atoms in total. The van der Waals surface area contributed by atoms with Gasteiger partial charge in [-0.1, -0.05) is 73.7 Å². The highest BCUT2D eigenvalue weighted by Crippen LogP contribution is 2.35. The van der Waals surface area contributed by atoms with Crippen LogP contribution >= 0.6 is 0 Å². The molecule has 0 amide bonds. The number of rotatable bonds is 5. The van der Waals surface area contributed by atoms with Crippen LogP contribution in [0.3, 0.4) is 0 Å². The summed E-state index contributed by atoms with van der Waals surface area (Å²) in [5.41, 5.74) is 8.76. The summed E-state index contributed by atoms with van der Waals surface area (Å²) in [5, 5.41) is 0. The summed E-state index contributed by atoms with van der Waals surface area (Å²) in [7, 11) is 0. The first-order valence-electron chi connectivity index (χ1n) is 9.86. The van der Waals surface area contributed by atoms with E-state index in [9.17, 15) is 0 Å². The molecule has 0 bridgehead atoms. The van der Waals surface area contributed by atoms with Crippen molar-refractivity contribution in [2.45, 2.75) is 20.3 Å². The lowest BCUT2D eigenvalue weighted by Crippen LogP contribution is -2.09. The van der Waals surface area contributed by atoms with Gasteiger partial charge in [-0.2, -0.15) is 0 Å². The Kier molecular flexibility index (Phi) is 5.25. The van der Waals surface area contributed by atoms with E-state index in [2.05, 4.69) is 122 Å². The number of anilines is 3. The van der Waals surface area contributed by atoms with Gasteiger partial charge >= 0.3 is 0 Å². The molecular formula is C27H25N. The monoisotopic (exact) mass is 363 g/mol. The van der Waals surface area contributed by atoms with Crippen LogP contribution in [0.2, 0.25) is 0 Å². The lowest BCUT2D eigenvalue weighted by atomic mass is 9.98. The summed E-state index contributed by atoms with van der Waals surface area (Å²) < 4.78 is 0. The fourth-order valence-corrected chi connectivity index (χ4v) is 3.68. The predicted molar refractivity (Wildman–Crippen MR) is 121 cm³/mol. The molecule has 0 spiro atoms. The Morgan fingerprint density at radius 2 is 1.07 bits per heavy atom. The number of para-hydroxylation sites is 2. The van der Waals surface area contributed by atoms with Crippen LogP contribution in [0.25, 0.3) is 11.1 Å². The molecule has 4 aromatic carbocycles. The van der Waals surface area contributed by atoms with Gasteiger partial charge < -0.3 is 4.90 Å². The molecule has 1 heteroatoms. The molecule has 0 fully saturated rings. The number of hydrogen-bond acceptors (Lipinski definition) is 1. The Bertz CT molecular complexity index is 995. The summed E-state index contributed by atoms with van der Waals surface area (Å²) >= 11 is 0. The molecule has 0 aliphatic carbocycles. The van der Waals surface area contributed by atoms with Crippen molar-refractivity contribution in [3.05, 3.63) is 114 Å². The lowest BCUT2D eigenvalue weighted by Gasteiger charge is -2.25. The van der Waals surface area contributed by atoms with E-state index in [4.69, 9.17) is 0 Å². The minimum atomic E-state index is 1.08. The maximum atomic E-state index is 2.29. The van der Waals surface area contributed by atoms with E-state index >= 15 is 0 Å². The van der Waals surface area contributed by atoms with Gasteiger partial charge in [-0.15, -0.1) is 0 Å². The zero-order chi connectivity index (χ0) is 19.3. The van der Waals surface area contributed by atoms with Crippen LogP contribution < -0.4 is 4.90 Å². The van der Waals surface area contributed by atoms with E-state index in [1.54, 1.807) is 0 Å². The fourth-order valence-electron chi connectivity index (χ4n) is 3.68. The molecule has 0 radical (unpaired) electrons. The first-order valence-corrected chi connectivity index (χ1v) is 9.86. The number of hydrogen-bond donors (Lipinski definition) is 0. The van der Waals surface area contributed by atoms with Gasteiger partial charge in [0.2, 0.25) is 0 Å². The van der Waals surface area contributed by atoms with Gasteiger partial charge in [0.15, 0.2) is 0 Å². The molecule has 138 valence electrons. The van der Waals surface area contributed by atoms with Gasteiger partial charge in [0.25, 0.3) is 0 Å². The van der Waals surface area contributed by atoms with Crippen LogP contribution in [0.5, 0.6) is 0 Å². The zero-order valence-electron chi connectivity index (χ0n) is 16.5. The van der Waals surface area contributed by atoms with E-state index < -0.39 is 0 Å². The molecule has 0 saturated heterocycles. The maximum Gasteiger partial charge on any atom is 0.0462 e. The van der Waals surface area contributed by atoms with Gasteiger partial charge in [-0.25, -0.2) is 0 Å². The Hall–Kier alpha value is -3.32. The van der Waals surface area contributed by atoms with Crippen molar-refractivity contribution in [2.24, 2.45) is 0 Å². The van der Waals surface area contributed by atoms with Crippen LogP contribution in [0.15, 0.2) is 103 Å². The summed E-state index contributed by atoms with van der Waals surface area (Å²) in [6, 6.07) is 36.6. The first-order chi connectivity index (χ1) is 13.8. The number of benzene rings is 4. The predicted octanol–water partition coefficient (Wildman–Crippen LogP) is 7.69. The largest absolute Gasteiger partial charge is 0.311 e. The first kappa shape index (κ1) is 18.1. The van der Waals surface area contributed by atoms with Crippen LogP contribution in [-0.4, -0.2) is 0 Å². The highest BCUT2D eigenvalue weighted by atomic mass is 15.1. The van der Waals surface area contributed by atoms with E-state index in [1.165, 1.54) is 22.3 Å². The number of aryl methyl sites for hydroxylation is 2. The fraction of sp³-hybridized carbons (Fsp3) is 0.111. The molecule has 4 rings (SSSR count). The maximum absolute atomic E-state index is 2.29. The van der Waals surface area contributed by atoms with Crippen LogP contribution in [0, 0.1) is 6.92 Å². The molecule has 0 aromatic heterocycles. The molecule has 0 heterocycles. The SMILES string of the molecule is CCc1ccc(-c2ccc(N(c3ccccc3)c3ccccc3)cc2)cc1C. The Balaban J connectivity index is 1.72. The topological polar surface area (TPSA) is 3.24 Å². The molecule has 28 heavy (non-hydrogen) atoms. The van der Waals surface area contributed by atoms with Crippen molar-refractivity contribution in [3.8, 4) is 11.1 Å². The third-order valence-corrected chi connectivity index (χ3v) is 5.21.